The second-order valence-corrected chi connectivity index (χ2v) is 15.3. The van der Waals surface area contributed by atoms with E-state index < -0.39 is 0 Å². The third-order valence-corrected chi connectivity index (χ3v) is 10.8. The van der Waals surface area contributed by atoms with Gasteiger partial charge >= 0.3 is 0 Å². The summed E-state index contributed by atoms with van der Waals surface area (Å²) >= 11 is 12.6. The van der Waals surface area contributed by atoms with Crippen LogP contribution in [0.1, 0.15) is 26.3 Å². The van der Waals surface area contributed by atoms with E-state index in [0.29, 0.717) is 0 Å². The first-order valence-electron chi connectivity index (χ1n) is 15.3. The number of hydrogen-bond acceptors (Lipinski definition) is 2. The molecule has 0 radical (unpaired) electrons. The molecule has 5 heteroatoms. The lowest BCUT2D eigenvalue weighted by atomic mass is 9.35. The van der Waals surface area contributed by atoms with Crippen LogP contribution in [-0.2, 0) is 5.41 Å². The molecule has 0 amide bonds. The van der Waals surface area contributed by atoms with Gasteiger partial charge in [0.05, 0.1) is 5.69 Å². The maximum absolute atomic E-state index is 6.97. The first kappa shape index (κ1) is 28.8. The Labute approximate surface area is 283 Å². The van der Waals surface area contributed by atoms with Crippen LogP contribution in [0.4, 0.5) is 17.1 Å². The zero-order valence-corrected chi connectivity index (χ0v) is 28.5. The molecule has 1 nitrogen and oxygen atoms in total. The molecule has 0 aliphatic carbocycles. The van der Waals surface area contributed by atoms with Gasteiger partial charge in [-0.25, -0.2) is 0 Å². The summed E-state index contributed by atoms with van der Waals surface area (Å²) in [6.07, 6.45) is 0. The number of para-hydroxylation sites is 1. The smallest absolute Gasteiger partial charge is 0.249 e. The molecule has 6 aromatic rings. The molecule has 0 atom stereocenters. The zero-order chi connectivity index (χ0) is 30.9. The van der Waals surface area contributed by atoms with E-state index in [1.54, 1.807) is 0 Å². The first-order valence-corrected chi connectivity index (χ1v) is 17.3. The lowest BCUT2D eigenvalue weighted by Gasteiger charge is -2.41. The number of benzene rings is 6. The van der Waals surface area contributed by atoms with Crippen molar-refractivity contribution in [2.24, 2.45) is 0 Å². The Morgan fingerprint density at radius 2 is 1.36 bits per heavy atom. The summed E-state index contributed by atoms with van der Waals surface area (Å²) in [5, 5.41) is 0.744. The highest BCUT2D eigenvalue weighted by atomic mass is 79.9. The molecule has 0 aromatic heterocycles. The molecule has 0 unspecified atom stereocenters. The number of hydrogen-bond donors (Lipinski definition) is 0. The van der Waals surface area contributed by atoms with Crippen molar-refractivity contribution in [3.05, 3.63) is 142 Å². The lowest BCUT2D eigenvalue weighted by molar-refractivity contribution is 0.590. The van der Waals surface area contributed by atoms with Crippen molar-refractivity contribution in [1.29, 1.82) is 0 Å². The fourth-order valence-corrected chi connectivity index (χ4v) is 8.69. The normalized spacial score (nSPS) is 13.3. The van der Waals surface area contributed by atoms with E-state index in [9.17, 15) is 0 Å². The fourth-order valence-electron chi connectivity index (χ4n) is 6.82. The second-order valence-electron chi connectivity index (χ2n) is 12.9. The molecule has 0 saturated heterocycles. The van der Waals surface area contributed by atoms with Gasteiger partial charge in [0, 0.05) is 36.2 Å². The van der Waals surface area contributed by atoms with Crippen LogP contribution >= 0.6 is 39.3 Å². The minimum atomic E-state index is 0.0934. The Morgan fingerprint density at radius 3 is 2.18 bits per heavy atom. The molecule has 8 rings (SSSR count). The van der Waals surface area contributed by atoms with Crippen LogP contribution in [0.25, 0.3) is 22.3 Å². The van der Waals surface area contributed by atoms with E-state index in [1.165, 1.54) is 59.7 Å². The summed E-state index contributed by atoms with van der Waals surface area (Å²) in [4.78, 5) is 4.92. The average molecular weight is 683 g/mol. The average Bonchev–Trinajstić information content (AvgIpc) is 3.04. The Morgan fingerprint density at radius 1 is 0.622 bits per heavy atom. The van der Waals surface area contributed by atoms with Gasteiger partial charge in [0.15, 0.2) is 0 Å². The van der Waals surface area contributed by atoms with Gasteiger partial charge in [-0.2, -0.15) is 0 Å². The molecule has 2 aliphatic heterocycles. The van der Waals surface area contributed by atoms with Crippen LogP contribution < -0.4 is 21.3 Å². The molecule has 218 valence electrons. The third kappa shape index (κ3) is 4.95. The number of nitrogens with zero attached hydrogens (tertiary/aromatic N) is 1. The van der Waals surface area contributed by atoms with Gasteiger partial charge in [-0.15, -0.1) is 0 Å². The van der Waals surface area contributed by atoms with Crippen molar-refractivity contribution in [3.63, 3.8) is 0 Å². The number of fused-ring (bicyclic) bond motifs is 4. The molecule has 6 aromatic carbocycles. The van der Waals surface area contributed by atoms with E-state index in [0.717, 1.165) is 20.9 Å². The first-order chi connectivity index (χ1) is 21.8. The van der Waals surface area contributed by atoms with Crippen LogP contribution in [0.15, 0.2) is 142 Å². The van der Waals surface area contributed by atoms with Gasteiger partial charge in [0.1, 0.15) is 0 Å². The van der Waals surface area contributed by atoms with Gasteiger partial charge in [0.2, 0.25) is 6.71 Å². The SMILES string of the molecule is CC(C)(C)c1cccc(-c2ccc3c(c2)Sc2cc(Cl)cc4c2B3c2ccc(Br)cc2N4c2ccccc2-c2ccccc2)c1. The molecule has 2 aliphatic rings. The predicted molar refractivity (Wildman–Crippen MR) is 199 cm³/mol. The largest absolute Gasteiger partial charge is 0.311 e. The van der Waals surface area contributed by atoms with Crippen molar-refractivity contribution in [1.82, 2.24) is 0 Å². The van der Waals surface area contributed by atoms with Crippen LogP contribution in [0.2, 0.25) is 5.02 Å². The molecular formula is C40H30BBrClNS. The van der Waals surface area contributed by atoms with Gasteiger partial charge < -0.3 is 4.90 Å². The van der Waals surface area contributed by atoms with Crippen LogP contribution in [0.3, 0.4) is 0 Å². The summed E-state index contributed by atoms with van der Waals surface area (Å²) in [5.74, 6) is 0. The van der Waals surface area contributed by atoms with Crippen LogP contribution in [-0.4, -0.2) is 6.71 Å². The van der Waals surface area contributed by atoms with Crippen molar-refractivity contribution in [3.8, 4) is 22.3 Å². The molecule has 0 fully saturated rings. The highest BCUT2D eigenvalue weighted by molar-refractivity contribution is 9.10. The highest BCUT2D eigenvalue weighted by Gasteiger charge is 2.41. The lowest BCUT2D eigenvalue weighted by Crippen LogP contribution is -2.59. The summed E-state index contributed by atoms with van der Waals surface area (Å²) in [7, 11) is 0. The molecule has 0 spiro atoms. The Bertz CT molecular complexity index is 2120. The monoisotopic (exact) mass is 681 g/mol. The maximum atomic E-state index is 6.97. The van der Waals surface area contributed by atoms with E-state index in [4.69, 9.17) is 11.6 Å². The van der Waals surface area contributed by atoms with E-state index >= 15 is 0 Å². The fraction of sp³-hybridized carbons (Fsp3) is 0.100. The van der Waals surface area contributed by atoms with Gasteiger partial charge in [-0.1, -0.05) is 157 Å². The Hall–Kier alpha value is -3.70. The molecular weight excluding hydrogens is 653 g/mol. The third-order valence-electron chi connectivity index (χ3n) is 9.00. The summed E-state index contributed by atoms with van der Waals surface area (Å²) < 4.78 is 1.05. The number of anilines is 3. The minimum absolute atomic E-state index is 0.0934. The van der Waals surface area contributed by atoms with Gasteiger partial charge in [-0.3, -0.25) is 0 Å². The van der Waals surface area contributed by atoms with Crippen LogP contribution in [0.5, 0.6) is 0 Å². The van der Waals surface area contributed by atoms with Crippen LogP contribution in [0, 0.1) is 0 Å². The predicted octanol–water partition coefficient (Wildman–Crippen LogP) is 10.5. The summed E-state index contributed by atoms with van der Waals surface area (Å²) in [5.41, 5.74) is 13.7. The minimum Gasteiger partial charge on any atom is -0.311 e. The summed E-state index contributed by atoms with van der Waals surface area (Å²) in [6, 6.07) is 46.4. The highest BCUT2D eigenvalue weighted by Crippen LogP contribution is 2.46. The standard InChI is InChI=1S/C40H30BBrClNS/c1-40(2,3)28-13-9-12-26(20-28)27-16-18-33-37(21-27)45-38-24-30(43)23-36-39(38)41(33)32-19-17-29(42)22-35(32)44(36)34-15-8-7-14-31(34)25-10-5-4-6-11-25/h4-24H,1-3H3. The molecule has 45 heavy (non-hydrogen) atoms. The van der Waals surface area contributed by atoms with E-state index in [2.05, 4.69) is 169 Å². The molecule has 0 saturated carbocycles. The zero-order valence-electron chi connectivity index (χ0n) is 25.3. The van der Waals surface area contributed by atoms with Crippen molar-refractivity contribution in [2.75, 3.05) is 4.90 Å². The quantitative estimate of drug-likeness (QED) is 0.171. The van der Waals surface area contributed by atoms with Gasteiger partial charge in [-0.05, 0) is 75.0 Å². The van der Waals surface area contributed by atoms with Crippen molar-refractivity contribution < 1.29 is 0 Å². The van der Waals surface area contributed by atoms with E-state index in [-0.39, 0.29) is 12.1 Å². The Balaban J connectivity index is 1.34. The van der Waals surface area contributed by atoms with Gasteiger partial charge in [0.25, 0.3) is 0 Å². The second kappa shape index (κ2) is 11.0. The van der Waals surface area contributed by atoms with E-state index in [1.807, 2.05) is 11.8 Å². The topological polar surface area (TPSA) is 3.24 Å². The molecule has 0 bridgehead atoms. The Kier molecular flexibility index (Phi) is 7.02. The number of rotatable bonds is 3. The number of halogens is 2. The molecule has 0 N–H and O–H groups in total. The maximum Gasteiger partial charge on any atom is 0.249 e. The van der Waals surface area contributed by atoms with Crippen molar-refractivity contribution >= 4 is 79.5 Å². The molecule has 2 heterocycles. The summed E-state index contributed by atoms with van der Waals surface area (Å²) in [6.45, 7) is 6.91. The van der Waals surface area contributed by atoms with Crippen molar-refractivity contribution in [2.45, 2.75) is 36.0 Å².